The molecule has 0 unspecified atom stereocenters. The Kier molecular flexibility index (Phi) is 5.88. The minimum absolute atomic E-state index is 0.141. The highest BCUT2D eigenvalue weighted by Crippen LogP contribution is 2.27. The van der Waals surface area contributed by atoms with Gasteiger partial charge < -0.3 is 4.42 Å². The van der Waals surface area contributed by atoms with Gasteiger partial charge in [0.25, 0.3) is 0 Å². The summed E-state index contributed by atoms with van der Waals surface area (Å²) in [4.78, 5) is 2.21. The molecule has 2 heterocycles. The number of hydrogen-bond donors (Lipinski definition) is 1. The minimum atomic E-state index is -3.19. The topological polar surface area (TPSA) is 88.3 Å². The third kappa shape index (κ3) is 5.10. The predicted octanol–water partition coefficient (Wildman–Crippen LogP) is 2.40. The van der Waals surface area contributed by atoms with Gasteiger partial charge in [-0.2, -0.15) is 0 Å². The van der Waals surface area contributed by atoms with Gasteiger partial charge in [0.15, 0.2) is 0 Å². The molecule has 136 valence electrons. The molecule has 9 heteroatoms. The van der Waals surface area contributed by atoms with E-state index in [1.54, 1.807) is 0 Å². The summed E-state index contributed by atoms with van der Waals surface area (Å²) >= 11 is 3.49. The van der Waals surface area contributed by atoms with E-state index < -0.39 is 10.0 Å². The fraction of sp³-hybridized carbons (Fsp3) is 0.500. The van der Waals surface area contributed by atoms with Crippen LogP contribution in [0.1, 0.15) is 25.2 Å². The molecular formula is C16H21BrN4O3S. The Balaban J connectivity index is 1.69. The van der Waals surface area contributed by atoms with Crippen LogP contribution in [0.4, 0.5) is 0 Å². The second-order valence-electron chi connectivity index (χ2n) is 6.22. The van der Waals surface area contributed by atoms with Gasteiger partial charge in [-0.15, -0.1) is 10.2 Å². The molecule has 1 aliphatic rings. The van der Waals surface area contributed by atoms with Crippen LogP contribution < -0.4 is 4.72 Å². The van der Waals surface area contributed by atoms with Crippen molar-refractivity contribution in [2.45, 2.75) is 31.8 Å². The van der Waals surface area contributed by atoms with E-state index in [2.05, 4.69) is 35.7 Å². The van der Waals surface area contributed by atoms with E-state index in [1.165, 1.54) is 6.26 Å². The van der Waals surface area contributed by atoms with E-state index in [-0.39, 0.29) is 6.04 Å². The Labute approximate surface area is 156 Å². The molecule has 0 bridgehead atoms. The molecule has 7 nitrogen and oxygen atoms in total. The first-order valence-electron chi connectivity index (χ1n) is 8.18. The van der Waals surface area contributed by atoms with Crippen LogP contribution >= 0.6 is 15.9 Å². The van der Waals surface area contributed by atoms with Gasteiger partial charge in [-0.25, -0.2) is 13.1 Å². The molecule has 0 spiro atoms. The van der Waals surface area contributed by atoms with Gasteiger partial charge in [0.2, 0.25) is 21.8 Å². The molecule has 0 aliphatic carbocycles. The molecule has 25 heavy (non-hydrogen) atoms. The van der Waals surface area contributed by atoms with Crippen LogP contribution in [0.2, 0.25) is 0 Å². The monoisotopic (exact) mass is 428 g/mol. The van der Waals surface area contributed by atoms with E-state index in [4.69, 9.17) is 4.42 Å². The first kappa shape index (κ1) is 18.5. The first-order chi connectivity index (χ1) is 11.9. The van der Waals surface area contributed by atoms with Gasteiger partial charge in [-0.3, -0.25) is 4.90 Å². The quantitative estimate of drug-likeness (QED) is 0.759. The van der Waals surface area contributed by atoms with Crippen LogP contribution in [0, 0.1) is 0 Å². The van der Waals surface area contributed by atoms with Crippen molar-refractivity contribution in [3.63, 3.8) is 0 Å². The molecular weight excluding hydrogens is 408 g/mol. The summed E-state index contributed by atoms with van der Waals surface area (Å²) in [5, 5.41) is 8.29. The van der Waals surface area contributed by atoms with Gasteiger partial charge in [-0.05, 0) is 47.4 Å². The van der Waals surface area contributed by atoms with Crippen LogP contribution in [0.25, 0.3) is 11.5 Å². The zero-order valence-electron chi connectivity index (χ0n) is 14.0. The second kappa shape index (κ2) is 7.94. The number of benzene rings is 1. The Bertz CT molecular complexity index is 824. The smallest absolute Gasteiger partial charge is 0.248 e. The Morgan fingerprint density at radius 3 is 2.88 bits per heavy atom. The number of halogens is 1. The molecule has 1 aliphatic heterocycles. The van der Waals surface area contributed by atoms with Crippen molar-refractivity contribution in [2.75, 3.05) is 19.3 Å². The van der Waals surface area contributed by atoms with Crippen molar-refractivity contribution >= 4 is 26.0 Å². The number of sulfonamides is 1. The summed E-state index contributed by atoms with van der Waals surface area (Å²) in [6.45, 7) is 1.82. The Morgan fingerprint density at radius 1 is 1.32 bits per heavy atom. The maximum Gasteiger partial charge on any atom is 0.248 e. The van der Waals surface area contributed by atoms with E-state index in [0.29, 0.717) is 24.9 Å². The zero-order valence-corrected chi connectivity index (χ0v) is 16.4. The van der Waals surface area contributed by atoms with E-state index in [0.717, 1.165) is 35.8 Å². The molecule has 0 amide bonds. The minimum Gasteiger partial charge on any atom is -0.419 e. The van der Waals surface area contributed by atoms with Crippen molar-refractivity contribution in [2.24, 2.45) is 0 Å². The summed E-state index contributed by atoms with van der Waals surface area (Å²) < 4.78 is 32.0. The fourth-order valence-corrected chi connectivity index (χ4v) is 3.93. The average molecular weight is 429 g/mol. The molecule has 1 saturated heterocycles. The molecule has 1 aromatic carbocycles. The van der Waals surface area contributed by atoms with Crippen molar-refractivity contribution in [1.82, 2.24) is 19.8 Å². The number of rotatable bonds is 6. The van der Waals surface area contributed by atoms with Crippen molar-refractivity contribution < 1.29 is 12.8 Å². The summed E-state index contributed by atoms with van der Waals surface area (Å²) in [5.74, 6) is 1.02. The van der Waals surface area contributed by atoms with Crippen molar-refractivity contribution in [3.05, 3.63) is 34.6 Å². The fourth-order valence-electron chi connectivity index (χ4n) is 2.98. The lowest BCUT2D eigenvalue weighted by molar-refractivity contribution is 0.130. The molecule has 3 rings (SSSR count). The van der Waals surface area contributed by atoms with Gasteiger partial charge in [-0.1, -0.05) is 18.6 Å². The lowest BCUT2D eigenvalue weighted by Gasteiger charge is -2.34. The molecule has 0 radical (unpaired) electrons. The van der Waals surface area contributed by atoms with E-state index >= 15 is 0 Å². The van der Waals surface area contributed by atoms with Crippen molar-refractivity contribution in [3.8, 4) is 11.5 Å². The lowest BCUT2D eigenvalue weighted by atomic mass is 10.0. The Hall–Kier alpha value is -1.29. The maximum atomic E-state index is 11.4. The summed E-state index contributed by atoms with van der Waals surface area (Å²) in [6, 6.07) is 7.83. The maximum absolute atomic E-state index is 11.4. The first-order valence-corrected chi connectivity index (χ1v) is 10.9. The molecule has 1 aromatic heterocycles. The summed E-state index contributed by atoms with van der Waals surface area (Å²) in [7, 11) is -3.19. The van der Waals surface area contributed by atoms with Crippen molar-refractivity contribution in [1.29, 1.82) is 0 Å². The largest absolute Gasteiger partial charge is 0.419 e. The summed E-state index contributed by atoms with van der Waals surface area (Å²) in [5.41, 5.74) is 0.857. The van der Waals surface area contributed by atoms with Crippen LogP contribution in [0.15, 0.2) is 33.2 Å². The number of nitrogens with one attached hydrogen (secondary N) is 1. The standard InChI is InChI=1S/C16H21BrN4O3S/c1-25(22,23)18-10-12-6-4-5-9-21(12)11-15-19-20-16(24-15)13-7-2-3-8-14(13)17/h2-3,7-8,12,18H,4-6,9-11H2,1H3/t12-/m0/s1. The molecule has 2 aromatic rings. The number of likely N-dealkylation sites (tertiary alicyclic amines) is 1. The highest BCUT2D eigenvalue weighted by atomic mass is 79.9. The van der Waals surface area contributed by atoms with Crippen LogP contribution in [-0.4, -0.2) is 48.9 Å². The van der Waals surface area contributed by atoms with Gasteiger partial charge in [0.05, 0.1) is 18.4 Å². The number of piperidine rings is 1. The van der Waals surface area contributed by atoms with Crippen LogP contribution in [0.3, 0.4) is 0 Å². The Morgan fingerprint density at radius 2 is 2.12 bits per heavy atom. The van der Waals surface area contributed by atoms with Gasteiger partial charge >= 0.3 is 0 Å². The van der Waals surface area contributed by atoms with Gasteiger partial charge in [0.1, 0.15) is 0 Å². The third-order valence-electron chi connectivity index (χ3n) is 4.24. The second-order valence-corrected chi connectivity index (χ2v) is 8.91. The molecule has 1 atom stereocenters. The highest BCUT2D eigenvalue weighted by Gasteiger charge is 2.25. The average Bonchev–Trinajstić information content (AvgIpc) is 3.02. The number of nitrogens with zero attached hydrogens (tertiary/aromatic N) is 3. The van der Waals surface area contributed by atoms with E-state index in [1.807, 2.05) is 24.3 Å². The van der Waals surface area contributed by atoms with Crippen LogP contribution in [-0.2, 0) is 16.6 Å². The molecule has 0 saturated carbocycles. The van der Waals surface area contributed by atoms with Crippen LogP contribution in [0.5, 0.6) is 0 Å². The molecule has 1 N–H and O–H groups in total. The molecule has 1 fully saturated rings. The summed E-state index contributed by atoms with van der Waals surface area (Å²) in [6.07, 6.45) is 4.31. The lowest BCUT2D eigenvalue weighted by Crippen LogP contribution is -2.46. The highest BCUT2D eigenvalue weighted by molar-refractivity contribution is 9.10. The number of aromatic nitrogens is 2. The normalized spacial score (nSPS) is 19.2. The predicted molar refractivity (Wildman–Crippen MR) is 98.3 cm³/mol. The van der Waals surface area contributed by atoms with Gasteiger partial charge in [0, 0.05) is 17.1 Å². The SMILES string of the molecule is CS(=O)(=O)NC[C@@H]1CCCCN1Cc1nnc(-c2ccccc2Br)o1. The third-order valence-corrected chi connectivity index (χ3v) is 5.62. The number of hydrogen-bond acceptors (Lipinski definition) is 6. The zero-order chi connectivity index (χ0) is 17.9. The van der Waals surface area contributed by atoms with E-state index in [9.17, 15) is 8.42 Å².